The molecule has 2 fully saturated rings. The molecular weight excluding hydrogens is 475 g/mol. The first-order valence-corrected chi connectivity index (χ1v) is 12.4. The maximum atomic E-state index is 14.5. The molecular formula is C20H24ClFN6O4S. The van der Waals surface area contributed by atoms with Gasteiger partial charge in [0.25, 0.3) is 5.91 Å². The zero-order valence-electron chi connectivity index (χ0n) is 18.1. The number of rotatable bonds is 7. The van der Waals surface area contributed by atoms with Crippen LogP contribution in [0, 0.1) is 11.7 Å². The molecule has 0 atom stereocenters. The number of nitrogens with zero attached hydrogens (tertiary/aromatic N) is 4. The number of benzene rings is 1. The van der Waals surface area contributed by atoms with E-state index in [0.717, 1.165) is 0 Å². The number of hydrogen-bond acceptors (Lipinski definition) is 5. The second-order valence-corrected chi connectivity index (χ2v) is 10.6. The molecule has 3 amide bonds. The van der Waals surface area contributed by atoms with E-state index in [2.05, 4.69) is 10.4 Å². The van der Waals surface area contributed by atoms with Crippen molar-refractivity contribution in [2.75, 3.05) is 25.9 Å². The molecule has 2 N–H and O–H groups in total. The van der Waals surface area contributed by atoms with Crippen molar-refractivity contribution in [3.05, 3.63) is 41.1 Å². The van der Waals surface area contributed by atoms with Crippen LogP contribution >= 0.6 is 11.6 Å². The number of sulfonamides is 1. The Kier molecular flexibility index (Phi) is 6.34. The van der Waals surface area contributed by atoms with Crippen LogP contribution in [0.25, 0.3) is 11.3 Å². The van der Waals surface area contributed by atoms with E-state index in [1.54, 1.807) is 41.0 Å². The first-order valence-electron chi connectivity index (χ1n) is 10.3. The molecule has 2 aliphatic rings. The average molecular weight is 499 g/mol. The highest BCUT2D eigenvalue weighted by Gasteiger charge is 2.41. The summed E-state index contributed by atoms with van der Waals surface area (Å²) in [5.74, 6) is -2.29. The number of halogens is 2. The third-order valence-corrected chi connectivity index (χ3v) is 7.55. The second kappa shape index (κ2) is 8.92. The number of aromatic nitrogens is 2. The maximum absolute atomic E-state index is 14.5. The molecule has 1 saturated heterocycles. The van der Waals surface area contributed by atoms with Gasteiger partial charge in [0.05, 0.1) is 28.4 Å². The fourth-order valence-electron chi connectivity index (χ4n) is 4.11. The minimum Gasteiger partial charge on any atom is -0.340 e. The number of urea groups is 1. The van der Waals surface area contributed by atoms with Gasteiger partial charge in [-0.1, -0.05) is 11.6 Å². The predicted octanol–water partition coefficient (Wildman–Crippen LogP) is 1.59. The summed E-state index contributed by atoms with van der Waals surface area (Å²) in [7, 11) is -0.371. The lowest BCUT2D eigenvalue weighted by molar-refractivity contribution is 0.0939. The number of carbonyl (C=O) groups excluding carboxylic acids is 2. The molecule has 2 heterocycles. The van der Waals surface area contributed by atoms with Gasteiger partial charge in [-0.2, -0.15) is 0 Å². The minimum atomic E-state index is -3.86. The van der Waals surface area contributed by atoms with Gasteiger partial charge in [-0.3, -0.25) is 10.2 Å². The van der Waals surface area contributed by atoms with E-state index in [1.807, 2.05) is 4.83 Å². The molecule has 10 nitrogen and oxygen atoms in total. The van der Waals surface area contributed by atoms with E-state index >= 15 is 0 Å². The average Bonchev–Trinajstić information content (AvgIpc) is 3.30. The Morgan fingerprint density at radius 1 is 1.27 bits per heavy atom. The molecule has 0 bridgehead atoms. The van der Waals surface area contributed by atoms with Crippen LogP contribution in [-0.2, 0) is 17.1 Å². The van der Waals surface area contributed by atoms with Crippen LogP contribution < -0.4 is 10.3 Å². The molecule has 2 aromatic rings. The SMILES string of the molecule is CN1CCN([C@H]2C[C@H](CS(=O)(=O)NNC(=O)c3cc(-c4cn(C)cn4)cc(Cl)c3F)C2)C1=O. The third kappa shape index (κ3) is 4.97. The van der Waals surface area contributed by atoms with Crippen molar-refractivity contribution in [1.29, 1.82) is 0 Å². The molecule has 1 aliphatic carbocycles. The van der Waals surface area contributed by atoms with Crippen molar-refractivity contribution in [3.63, 3.8) is 0 Å². The lowest BCUT2D eigenvalue weighted by Gasteiger charge is -2.40. The minimum absolute atomic E-state index is 0.0304. The third-order valence-electron chi connectivity index (χ3n) is 5.95. The molecule has 178 valence electrons. The van der Waals surface area contributed by atoms with Gasteiger partial charge in [0, 0.05) is 45.0 Å². The molecule has 0 unspecified atom stereocenters. The van der Waals surface area contributed by atoms with Gasteiger partial charge in [0.15, 0.2) is 5.82 Å². The standard InChI is InChI=1S/C20H24ClFN6O4S/c1-26-9-17(23-11-26)13-7-15(18(22)16(21)8-13)19(29)24-25-33(31,32)10-12-5-14(6-12)28-4-3-27(2)20(28)30/h7-9,11-12,14,25H,3-6,10H2,1-2H3,(H,24,29)/t12-,14-. The van der Waals surface area contributed by atoms with Crippen molar-refractivity contribution in [2.24, 2.45) is 13.0 Å². The van der Waals surface area contributed by atoms with Crippen LogP contribution in [0.3, 0.4) is 0 Å². The zero-order valence-corrected chi connectivity index (χ0v) is 19.7. The van der Waals surface area contributed by atoms with E-state index in [-0.39, 0.29) is 28.8 Å². The van der Waals surface area contributed by atoms with Crippen molar-refractivity contribution < 1.29 is 22.4 Å². The Balaban J connectivity index is 1.35. The first-order chi connectivity index (χ1) is 15.5. The van der Waals surface area contributed by atoms with E-state index in [4.69, 9.17) is 11.6 Å². The largest absolute Gasteiger partial charge is 0.340 e. The second-order valence-electron chi connectivity index (χ2n) is 8.47. The number of hydrogen-bond donors (Lipinski definition) is 2. The Morgan fingerprint density at radius 2 is 2.00 bits per heavy atom. The number of nitrogens with one attached hydrogen (secondary N) is 2. The summed E-state index contributed by atoms with van der Waals surface area (Å²) in [6.45, 7) is 1.30. The molecule has 33 heavy (non-hydrogen) atoms. The summed E-state index contributed by atoms with van der Waals surface area (Å²) in [5.41, 5.74) is 2.54. The molecule has 4 rings (SSSR count). The highest BCUT2D eigenvalue weighted by molar-refractivity contribution is 7.89. The number of amides is 3. The number of imidazole rings is 1. The van der Waals surface area contributed by atoms with Crippen molar-refractivity contribution in [1.82, 2.24) is 29.6 Å². The summed E-state index contributed by atoms with van der Waals surface area (Å²) in [5, 5.41) is -0.284. The van der Waals surface area contributed by atoms with Gasteiger partial charge in [0.2, 0.25) is 10.0 Å². The summed E-state index contributed by atoms with van der Waals surface area (Å²) >= 11 is 5.93. The topological polar surface area (TPSA) is 117 Å². The van der Waals surface area contributed by atoms with Gasteiger partial charge < -0.3 is 14.4 Å². The highest BCUT2D eigenvalue weighted by atomic mass is 35.5. The summed E-state index contributed by atoms with van der Waals surface area (Å²) in [6.07, 6.45) is 4.37. The highest BCUT2D eigenvalue weighted by Crippen LogP contribution is 2.34. The summed E-state index contributed by atoms with van der Waals surface area (Å²) in [6, 6.07) is 2.59. The normalized spacial score (nSPS) is 20.8. The zero-order chi connectivity index (χ0) is 23.9. The Bertz CT molecular complexity index is 1200. The van der Waals surface area contributed by atoms with E-state index < -0.39 is 27.3 Å². The molecule has 1 aliphatic heterocycles. The van der Waals surface area contributed by atoms with Gasteiger partial charge in [-0.25, -0.2) is 22.6 Å². The van der Waals surface area contributed by atoms with Gasteiger partial charge >= 0.3 is 6.03 Å². The predicted molar refractivity (Wildman–Crippen MR) is 119 cm³/mol. The number of hydrazine groups is 1. The molecule has 1 saturated carbocycles. The monoisotopic (exact) mass is 498 g/mol. The van der Waals surface area contributed by atoms with Crippen molar-refractivity contribution in [3.8, 4) is 11.3 Å². The van der Waals surface area contributed by atoms with E-state index in [9.17, 15) is 22.4 Å². The number of carbonyl (C=O) groups is 2. The van der Waals surface area contributed by atoms with Crippen LogP contribution in [0.2, 0.25) is 5.02 Å². The molecule has 1 aromatic heterocycles. The van der Waals surface area contributed by atoms with Crippen LogP contribution in [0.5, 0.6) is 0 Å². The first kappa shape index (κ1) is 23.5. The maximum Gasteiger partial charge on any atom is 0.320 e. The van der Waals surface area contributed by atoms with E-state index in [1.165, 1.54) is 12.1 Å². The van der Waals surface area contributed by atoms with Gasteiger partial charge in [-0.15, -0.1) is 4.83 Å². The Morgan fingerprint density at radius 3 is 2.61 bits per heavy atom. The van der Waals surface area contributed by atoms with E-state index in [0.29, 0.717) is 37.2 Å². The Labute approximate surface area is 195 Å². The molecule has 13 heteroatoms. The van der Waals surface area contributed by atoms with Crippen LogP contribution in [0.15, 0.2) is 24.7 Å². The van der Waals surface area contributed by atoms with Gasteiger partial charge in [0.1, 0.15) is 0 Å². The fraction of sp³-hybridized carbons (Fsp3) is 0.450. The molecule has 0 spiro atoms. The quantitative estimate of drug-likeness (QED) is 0.562. The van der Waals surface area contributed by atoms with Crippen LogP contribution in [0.4, 0.5) is 9.18 Å². The van der Waals surface area contributed by atoms with Crippen LogP contribution in [0.1, 0.15) is 23.2 Å². The fourth-order valence-corrected chi connectivity index (χ4v) is 5.55. The number of likely N-dealkylation sites (N-methyl/N-ethyl adjacent to an activating group) is 1. The van der Waals surface area contributed by atoms with Crippen molar-refractivity contribution >= 4 is 33.6 Å². The summed E-state index contributed by atoms with van der Waals surface area (Å²) < 4.78 is 41.0. The summed E-state index contributed by atoms with van der Waals surface area (Å²) in [4.78, 5) is 34.1. The smallest absolute Gasteiger partial charge is 0.320 e. The number of aryl methyl sites for hydroxylation is 1. The Hall–Kier alpha value is -2.70. The van der Waals surface area contributed by atoms with Gasteiger partial charge in [-0.05, 0) is 30.9 Å². The van der Waals surface area contributed by atoms with Crippen molar-refractivity contribution in [2.45, 2.75) is 18.9 Å². The lowest BCUT2D eigenvalue weighted by Crippen LogP contribution is -2.50. The molecule has 1 aromatic carbocycles. The molecule has 0 radical (unpaired) electrons. The lowest BCUT2D eigenvalue weighted by atomic mass is 9.81. The van der Waals surface area contributed by atoms with Crippen LogP contribution in [-0.4, -0.2) is 71.6 Å².